The number of likely N-dealkylation sites (tertiary alicyclic amines) is 1. The van der Waals surface area contributed by atoms with E-state index in [0.717, 1.165) is 0 Å². The normalized spacial score (nSPS) is 24.1. The first-order valence-corrected chi connectivity index (χ1v) is 6.23. The third kappa shape index (κ3) is 2.64. The van der Waals surface area contributed by atoms with Crippen molar-refractivity contribution in [3.63, 3.8) is 0 Å². The van der Waals surface area contributed by atoms with Gasteiger partial charge in [0, 0.05) is 25.2 Å². The van der Waals surface area contributed by atoms with Crippen LogP contribution in [0, 0.1) is 35.0 Å². The van der Waals surface area contributed by atoms with Crippen LogP contribution < -0.4 is 0 Å². The standard InChI is InChI=1S/C13H14F5NO/c1-6-4-19(3-2-8(6)20)5-7-9(14)11(16)13(18)12(17)10(7)15/h6,8,20H,2-5H2,1H3. The fourth-order valence-electron chi connectivity index (χ4n) is 2.38. The van der Waals surface area contributed by atoms with Gasteiger partial charge in [0.25, 0.3) is 0 Å². The first-order chi connectivity index (χ1) is 9.32. The summed E-state index contributed by atoms with van der Waals surface area (Å²) in [6.45, 7) is 2.06. The second-order valence-corrected chi connectivity index (χ2v) is 5.12. The Balaban J connectivity index is 2.26. The summed E-state index contributed by atoms with van der Waals surface area (Å²) in [6, 6.07) is 0. The lowest BCUT2D eigenvalue weighted by atomic mass is 9.96. The zero-order valence-electron chi connectivity index (χ0n) is 10.8. The van der Waals surface area contributed by atoms with Crippen LogP contribution in [-0.4, -0.2) is 29.2 Å². The maximum Gasteiger partial charge on any atom is 0.200 e. The Morgan fingerprint density at radius 2 is 1.50 bits per heavy atom. The van der Waals surface area contributed by atoms with Gasteiger partial charge in [-0.3, -0.25) is 4.90 Å². The molecular formula is C13H14F5NO. The largest absolute Gasteiger partial charge is 0.393 e. The molecule has 7 heteroatoms. The Bertz CT molecular complexity index is 493. The van der Waals surface area contributed by atoms with Gasteiger partial charge in [0.1, 0.15) is 0 Å². The third-order valence-electron chi connectivity index (χ3n) is 3.63. The van der Waals surface area contributed by atoms with Gasteiger partial charge in [-0.1, -0.05) is 6.92 Å². The van der Waals surface area contributed by atoms with Crippen LogP contribution in [0.3, 0.4) is 0 Å². The highest BCUT2D eigenvalue weighted by Gasteiger charge is 2.29. The van der Waals surface area contributed by atoms with E-state index in [2.05, 4.69) is 0 Å². The predicted molar refractivity (Wildman–Crippen MR) is 61.3 cm³/mol. The van der Waals surface area contributed by atoms with Crippen LogP contribution in [0.1, 0.15) is 18.9 Å². The van der Waals surface area contributed by atoms with Gasteiger partial charge in [-0.25, -0.2) is 22.0 Å². The number of nitrogens with zero attached hydrogens (tertiary/aromatic N) is 1. The van der Waals surface area contributed by atoms with E-state index < -0.39 is 40.8 Å². The molecule has 2 nitrogen and oxygen atoms in total. The average molecular weight is 295 g/mol. The van der Waals surface area contributed by atoms with Gasteiger partial charge in [-0.15, -0.1) is 0 Å². The maximum absolute atomic E-state index is 13.5. The van der Waals surface area contributed by atoms with Crippen molar-refractivity contribution in [3.05, 3.63) is 34.6 Å². The predicted octanol–water partition coefficient (Wildman–Crippen LogP) is 2.58. The summed E-state index contributed by atoms with van der Waals surface area (Å²) in [6.07, 6.45) is -0.112. The van der Waals surface area contributed by atoms with Gasteiger partial charge in [0.2, 0.25) is 5.82 Å². The summed E-state index contributed by atoms with van der Waals surface area (Å²) in [5, 5.41) is 9.55. The van der Waals surface area contributed by atoms with Gasteiger partial charge >= 0.3 is 0 Å². The molecule has 1 aliphatic heterocycles. The Morgan fingerprint density at radius 3 is 2.00 bits per heavy atom. The van der Waals surface area contributed by atoms with E-state index in [4.69, 9.17) is 0 Å². The van der Waals surface area contributed by atoms with Crippen molar-refractivity contribution >= 4 is 0 Å². The van der Waals surface area contributed by atoms with E-state index in [0.29, 0.717) is 19.5 Å². The molecule has 2 unspecified atom stereocenters. The Hall–Kier alpha value is -1.21. The Morgan fingerprint density at radius 1 is 1.00 bits per heavy atom. The van der Waals surface area contributed by atoms with E-state index in [9.17, 15) is 27.1 Å². The molecule has 1 saturated heterocycles. The van der Waals surface area contributed by atoms with E-state index in [-0.39, 0.29) is 12.5 Å². The molecule has 0 radical (unpaired) electrons. The van der Waals surface area contributed by atoms with Crippen LogP contribution >= 0.6 is 0 Å². The van der Waals surface area contributed by atoms with Gasteiger partial charge in [0.15, 0.2) is 23.3 Å². The second kappa shape index (κ2) is 5.65. The zero-order chi connectivity index (χ0) is 15.0. The van der Waals surface area contributed by atoms with Crippen LogP contribution in [-0.2, 0) is 6.54 Å². The molecule has 20 heavy (non-hydrogen) atoms. The number of aliphatic hydroxyl groups is 1. The second-order valence-electron chi connectivity index (χ2n) is 5.12. The lowest BCUT2D eigenvalue weighted by Gasteiger charge is -2.34. The molecule has 112 valence electrons. The summed E-state index contributed by atoms with van der Waals surface area (Å²) in [5.74, 6) is -9.70. The molecule has 0 saturated carbocycles. The lowest BCUT2D eigenvalue weighted by Crippen LogP contribution is -2.41. The molecule has 0 aromatic heterocycles. The van der Waals surface area contributed by atoms with Crippen LogP contribution in [0.4, 0.5) is 22.0 Å². The van der Waals surface area contributed by atoms with Crippen molar-refractivity contribution < 1.29 is 27.1 Å². The zero-order valence-corrected chi connectivity index (χ0v) is 10.8. The highest BCUT2D eigenvalue weighted by atomic mass is 19.2. The van der Waals surface area contributed by atoms with Crippen molar-refractivity contribution in [2.75, 3.05) is 13.1 Å². The molecular weight excluding hydrogens is 281 g/mol. The van der Waals surface area contributed by atoms with E-state index in [1.807, 2.05) is 0 Å². The molecule has 1 heterocycles. The van der Waals surface area contributed by atoms with Gasteiger partial charge in [0.05, 0.1) is 6.10 Å². The Kier molecular flexibility index (Phi) is 4.29. The quantitative estimate of drug-likeness (QED) is 0.515. The monoisotopic (exact) mass is 295 g/mol. The number of hydrogen-bond donors (Lipinski definition) is 1. The minimum Gasteiger partial charge on any atom is -0.393 e. The van der Waals surface area contributed by atoms with Gasteiger partial charge in [-0.2, -0.15) is 0 Å². The summed E-state index contributed by atoms with van der Waals surface area (Å²) >= 11 is 0. The van der Waals surface area contributed by atoms with Gasteiger partial charge < -0.3 is 5.11 Å². The van der Waals surface area contributed by atoms with Crippen molar-refractivity contribution in [3.8, 4) is 0 Å². The lowest BCUT2D eigenvalue weighted by molar-refractivity contribution is 0.0310. The fraction of sp³-hybridized carbons (Fsp3) is 0.538. The van der Waals surface area contributed by atoms with E-state index in [1.54, 1.807) is 11.8 Å². The van der Waals surface area contributed by atoms with E-state index >= 15 is 0 Å². The molecule has 0 bridgehead atoms. The fourth-order valence-corrected chi connectivity index (χ4v) is 2.38. The highest BCUT2D eigenvalue weighted by molar-refractivity contribution is 5.24. The topological polar surface area (TPSA) is 23.5 Å². The van der Waals surface area contributed by atoms with Gasteiger partial charge in [-0.05, 0) is 12.3 Å². The molecule has 0 amide bonds. The summed E-state index contributed by atoms with van der Waals surface area (Å²) < 4.78 is 66.1. The molecule has 1 aromatic rings. The van der Waals surface area contributed by atoms with Crippen LogP contribution in [0.5, 0.6) is 0 Å². The van der Waals surface area contributed by atoms with E-state index in [1.165, 1.54) is 0 Å². The number of halogens is 5. The first-order valence-electron chi connectivity index (χ1n) is 6.23. The van der Waals surface area contributed by atoms with Crippen molar-refractivity contribution in [2.24, 2.45) is 5.92 Å². The summed E-state index contributed by atoms with van der Waals surface area (Å²) in [4.78, 5) is 1.57. The number of rotatable bonds is 2. The third-order valence-corrected chi connectivity index (χ3v) is 3.63. The highest BCUT2D eigenvalue weighted by Crippen LogP contribution is 2.26. The SMILES string of the molecule is CC1CN(Cc2c(F)c(F)c(F)c(F)c2F)CCC1O. The molecule has 2 rings (SSSR count). The molecule has 0 aliphatic carbocycles. The van der Waals surface area contributed by atoms with Crippen molar-refractivity contribution in [1.29, 1.82) is 0 Å². The molecule has 1 aliphatic rings. The minimum atomic E-state index is -2.15. The smallest absolute Gasteiger partial charge is 0.200 e. The number of aliphatic hydroxyl groups excluding tert-OH is 1. The number of piperidine rings is 1. The number of hydrogen-bond acceptors (Lipinski definition) is 2. The van der Waals surface area contributed by atoms with Crippen LogP contribution in [0.2, 0.25) is 0 Å². The Labute approximate surface area is 112 Å². The molecule has 2 atom stereocenters. The first kappa shape index (κ1) is 15.2. The molecule has 1 N–H and O–H groups in total. The van der Waals surface area contributed by atoms with Crippen molar-refractivity contribution in [1.82, 2.24) is 4.90 Å². The van der Waals surface area contributed by atoms with Crippen LogP contribution in [0.25, 0.3) is 0 Å². The minimum absolute atomic E-state index is 0.120. The summed E-state index contributed by atoms with van der Waals surface area (Å²) in [5.41, 5.74) is -0.829. The maximum atomic E-state index is 13.5. The summed E-state index contributed by atoms with van der Waals surface area (Å²) in [7, 11) is 0. The molecule has 1 fully saturated rings. The molecule has 0 spiro atoms. The number of benzene rings is 1. The van der Waals surface area contributed by atoms with Crippen LogP contribution in [0.15, 0.2) is 0 Å². The molecule has 1 aromatic carbocycles. The van der Waals surface area contributed by atoms with Crippen molar-refractivity contribution in [2.45, 2.75) is 26.0 Å². The average Bonchev–Trinajstić information content (AvgIpc) is 2.43.